The number of amides is 1. The van der Waals surface area contributed by atoms with E-state index in [1.54, 1.807) is 0 Å². The van der Waals surface area contributed by atoms with Crippen molar-refractivity contribution in [1.29, 1.82) is 0 Å². The van der Waals surface area contributed by atoms with Crippen molar-refractivity contribution in [3.8, 4) is 5.75 Å². The Hall–Kier alpha value is -2.60. The third kappa shape index (κ3) is 3.69. The van der Waals surface area contributed by atoms with E-state index in [1.807, 2.05) is 31.2 Å². The number of carbonyl (C=O) groups is 1. The van der Waals surface area contributed by atoms with Crippen LogP contribution < -0.4 is 15.8 Å². The number of benzene rings is 1. The number of aromatic nitrogens is 1. The fraction of sp³-hybridized carbons (Fsp3) is 0.364. The summed E-state index contributed by atoms with van der Waals surface area (Å²) < 4.78 is 5.60. The Balaban J connectivity index is 1.67. The number of ether oxygens (including phenoxy) is 1. The summed E-state index contributed by atoms with van der Waals surface area (Å²) in [5.41, 5.74) is 9.99. The number of pyridine rings is 1. The zero-order chi connectivity index (χ0) is 19.5. The first-order valence-corrected chi connectivity index (χ1v) is 10.7. The molecule has 3 N–H and O–H groups in total. The van der Waals surface area contributed by atoms with Crippen molar-refractivity contribution in [3.63, 3.8) is 0 Å². The first-order chi connectivity index (χ1) is 13.7. The minimum atomic E-state index is -0.222. The van der Waals surface area contributed by atoms with E-state index in [-0.39, 0.29) is 5.91 Å². The number of anilines is 2. The molecule has 1 aliphatic carbocycles. The number of thiophene rings is 1. The molecule has 2 heterocycles. The van der Waals surface area contributed by atoms with Crippen molar-refractivity contribution >= 4 is 38.8 Å². The molecule has 5 nitrogen and oxygen atoms in total. The molecule has 0 unspecified atom stereocenters. The molecular formula is C22H25N3O2S. The number of hydrogen-bond donors (Lipinski definition) is 2. The molecule has 6 heteroatoms. The highest BCUT2D eigenvalue weighted by atomic mass is 32.1. The molecule has 1 aliphatic rings. The van der Waals surface area contributed by atoms with Crippen LogP contribution in [0.1, 0.15) is 53.5 Å². The van der Waals surface area contributed by atoms with Gasteiger partial charge in [0.1, 0.15) is 15.5 Å². The number of rotatable bonds is 4. The molecule has 0 saturated carbocycles. The molecule has 3 aromatic rings. The summed E-state index contributed by atoms with van der Waals surface area (Å²) in [5.74, 6) is 0.430. The van der Waals surface area contributed by atoms with Gasteiger partial charge in [-0.1, -0.05) is 25.0 Å². The van der Waals surface area contributed by atoms with Crippen LogP contribution in [0.25, 0.3) is 10.2 Å². The third-order valence-electron chi connectivity index (χ3n) is 5.14. The molecular weight excluding hydrogens is 370 g/mol. The zero-order valence-corrected chi connectivity index (χ0v) is 16.9. The predicted molar refractivity (Wildman–Crippen MR) is 115 cm³/mol. The second kappa shape index (κ2) is 8.19. The SMILES string of the molecule is CCOc1ccccc1NC(=O)c1sc2nc3c(cc2c1N)CCCCCC3. The summed E-state index contributed by atoms with van der Waals surface area (Å²) in [6.07, 6.45) is 6.94. The third-order valence-corrected chi connectivity index (χ3v) is 6.25. The number of nitrogen functional groups attached to an aromatic ring is 1. The lowest BCUT2D eigenvalue weighted by Gasteiger charge is -2.12. The zero-order valence-electron chi connectivity index (χ0n) is 16.1. The molecule has 0 spiro atoms. The fourth-order valence-electron chi connectivity index (χ4n) is 3.71. The van der Waals surface area contributed by atoms with E-state index < -0.39 is 0 Å². The number of para-hydroxylation sites is 2. The Morgan fingerprint density at radius 2 is 2.00 bits per heavy atom. The van der Waals surface area contributed by atoms with Crippen LogP contribution in [0.2, 0.25) is 0 Å². The van der Waals surface area contributed by atoms with Crippen molar-refractivity contribution < 1.29 is 9.53 Å². The van der Waals surface area contributed by atoms with Crippen molar-refractivity contribution in [2.75, 3.05) is 17.7 Å². The second-order valence-corrected chi connectivity index (χ2v) is 8.09. The molecule has 1 amide bonds. The second-order valence-electron chi connectivity index (χ2n) is 7.09. The van der Waals surface area contributed by atoms with E-state index >= 15 is 0 Å². The van der Waals surface area contributed by atoms with Crippen LogP contribution in [-0.4, -0.2) is 17.5 Å². The van der Waals surface area contributed by atoms with Gasteiger partial charge in [0.2, 0.25) is 0 Å². The molecule has 2 aromatic heterocycles. The monoisotopic (exact) mass is 395 g/mol. The Morgan fingerprint density at radius 1 is 1.21 bits per heavy atom. The van der Waals surface area contributed by atoms with Crippen LogP contribution in [0.15, 0.2) is 30.3 Å². The topological polar surface area (TPSA) is 77.2 Å². The Morgan fingerprint density at radius 3 is 2.82 bits per heavy atom. The minimum Gasteiger partial charge on any atom is -0.492 e. The number of aryl methyl sites for hydroxylation is 2. The Kier molecular flexibility index (Phi) is 5.48. The maximum atomic E-state index is 12.9. The highest BCUT2D eigenvalue weighted by molar-refractivity contribution is 7.21. The van der Waals surface area contributed by atoms with E-state index in [9.17, 15) is 4.79 Å². The molecule has 28 heavy (non-hydrogen) atoms. The number of nitrogens with one attached hydrogen (secondary N) is 1. The summed E-state index contributed by atoms with van der Waals surface area (Å²) in [6.45, 7) is 2.45. The smallest absolute Gasteiger partial charge is 0.268 e. The molecule has 1 aromatic carbocycles. The summed E-state index contributed by atoms with van der Waals surface area (Å²) in [4.78, 5) is 19.2. The lowest BCUT2D eigenvalue weighted by atomic mass is 9.96. The van der Waals surface area contributed by atoms with Gasteiger partial charge in [0.05, 0.1) is 18.0 Å². The van der Waals surface area contributed by atoms with Gasteiger partial charge >= 0.3 is 0 Å². The fourth-order valence-corrected chi connectivity index (χ4v) is 4.70. The van der Waals surface area contributed by atoms with Gasteiger partial charge in [-0.15, -0.1) is 11.3 Å². The summed E-state index contributed by atoms with van der Waals surface area (Å²) in [5, 5.41) is 3.84. The van der Waals surface area contributed by atoms with Crippen LogP contribution >= 0.6 is 11.3 Å². The van der Waals surface area contributed by atoms with Crippen molar-refractivity contribution in [3.05, 3.63) is 46.5 Å². The lowest BCUT2D eigenvalue weighted by Crippen LogP contribution is -2.13. The van der Waals surface area contributed by atoms with E-state index in [4.69, 9.17) is 15.5 Å². The van der Waals surface area contributed by atoms with Crippen LogP contribution in [0.4, 0.5) is 11.4 Å². The summed E-state index contributed by atoms with van der Waals surface area (Å²) >= 11 is 1.37. The van der Waals surface area contributed by atoms with Gasteiger partial charge in [0.25, 0.3) is 5.91 Å². The molecule has 0 bridgehead atoms. The van der Waals surface area contributed by atoms with E-state index in [0.717, 1.165) is 23.1 Å². The predicted octanol–water partition coefficient (Wildman–Crippen LogP) is 5.19. The highest BCUT2D eigenvalue weighted by Crippen LogP contribution is 2.36. The van der Waals surface area contributed by atoms with Gasteiger partial charge in [-0.25, -0.2) is 4.98 Å². The lowest BCUT2D eigenvalue weighted by molar-refractivity contribution is 0.103. The van der Waals surface area contributed by atoms with Crippen LogP contribution in [0, 0.1) is 0 Å². The number of fused-ring (bicyclic) bond motifs is 2. The highest BCUT2D eigenvalue weighted by Gasteiger charge is 2.20. The van der Waals surface area contributed by atoms with Crippen LogP contribution in [0.3, 0.4) is 0 Å². The van der Waals surface area contributed by atoms with Crippen LogP contribution in [-0.2, 0) is 12.8 Å². The van der Waals surface area contributed by atoms with Crippen LogP contribution in [0.5, 0.6) is 5.75 Å². The quantitative estimate of drug-likeness (QED) is 0.637. The number of nitrogens with two attached hydrogens (primary N) is 1. The van der Waals surface area contributed by atoms with Crippen molar-refractivity contribution in [2.45, 2.75) is 45.4 Å². The molecule has 4 rings (SSSR count). The van der Waals surface area contributed by atoms with Crippen molar-refractivity contribution in [2.24, 2.45) is 0 Å². The van der Waals surface area contributed by atoms with Gasteiger partial charge in [0.15, 0.2) is 0 Å². The van der Waals surface area contributed by atoms with Gasteiger partial charge in [-0.05, 0) is 56.4 Å². The normalized spacial score (nSPS) is 14.2. The van der Waals surface area contributed by atoms with E-state index in [2.05, 4.69) is 11.4 Å². The average Bonchev–Trinajstić information content (AvgIpc) is 2.99. The van der Waals surface area contributed by atoms with Gasteiger partial charge < -0.3 is 15.8 Å². The maximum absolute atomic E-state index is 12.9. The van der Waals surface area contributed by atoms with Gasteiger partial charge in [-0.3, -0.25) is 4.79 Å². The number of hydrogen-bond acceptors (Lipinski definition) is 5. The molecule has 146 valence electrons. The molecule has 0 radical (unpaired) electrons. The Labute approximate surface area is 168 Å². The standard InChI is InChI=1S/C22H25N3O2S/c1-2-27-18-12-8-7-11-17(18)24-21(26)20-19(23)15-13-14-9-5-3-4-6-10-16(14)25-22(15)28-20/h7-8,11-13H,2-6,9-10,23H2,1H3,(H,24,26). The van der Waals surface area contributed by atoms with E-state index in [0.29, 0.717) is 28.6 Å². The first kappa shape index (κ1) is 18.7. The molecule has 0 saturated heterocycles. The first-order valence-electron chi connectivity index (χ1n) is 9.91. The molecule has 0 fully saturated rings. The molecule has 0 atom stereocenters. The van der Waals surface area contributed by atoms with E-state index in [1.165, 1.54) is 48.3 Å². The summed E-state index contributed by atoms with van der Waals surface area (Å²) in [6, 6.07) is 9.58. The summed E-state index contributed by atoms with van der Waals surface area (Å²) in [7, 11) is 0. The Bertz CT molecular complexity index is 1010. The maximum Gasteiger partial charge on any atom is 0.268 e. The molecule has 0 aliphatic heterocycles. The van der Waals surface area contributed by atoms with Crippen molar-refractivity contribution in [1.82, 2.24) is 4.98 Å². The van der Waals surface area contributed by atoms with Gasteiger partial charge in [0, 0.05) is 11.1 Å². The number of nitrogens with zero attached hydrogens (tertiary/aromatic N) is 1. The van der Waals surface area contributed by atoms with Gasteiger partial charge in [-0.2, -0.15) is 0 Å². The number of carbonyl (C=O) groups excluding carboxylic acids is 1. The average molecular weight is 396 g/mol. The minimum absolute atomic E-state index is 0.222. The largest absolute Gasteiger partial charge is 0.492 e.